The van der Waals surface area contributed by atoms with Crippen LogP contribution in [0.15, 0.2) is 30.3 Å². The third-order valence-corrected chi connectivity index (χ3v) is 3.67. The van der Waals surface area contributed by atoms with Crippen molar-refractivity contribution in [3.05, 3.63) is 35.9 Å². The van der Waals surface area contributed by atoms with E-state index in [0.29, 0.717) is 19.3 Å². The van der Waals surface area contributed by atoms with E-state index in [4.69, 9.17) is 9.47 Å². The number of hydrogen-bond acceptors (Lipinski definition) is 4. The first-order chi connectivity index (χ1) is 9.90. The fourth-order valence-electron chi connectivity index (χ4n) is 2.54. The van der Waals surface area contributed by atoms with Crippen molar-refractivity contribution in [1.82, 2.24) is 10.2 Å². The Morgan fingerprint density at radius 2 is 2.05 bits per heavy atom. The molecule has 0 bridgehead atoms. The Balaban J connectivity index is 1.78. The van der Waals surface area contributed by atoms with Crippen molar-refractivity contribution in [3.8, 4) is 0 Å². The molecular formula is C16H26N2O2. The fraction of sp³-hybridized carbons (Fsp3) is 0.625. The van der Waals surface area contributed by atoms with Crippen LogP contribution in [0.2, 0.25) is 0 Å². The molecular weight excluding hydrogens is 252 g/mol. The summed E-state index contributed by atoms with van der Waals surface area (Å²) in [6.07, 6.45) is 1.20. The van der Waals surface area contributed by atoms with Gasteiger partial charge in [-0.2, -0.15) is 0 Å². The summed E-state index contributed by atoms with van der Waals surface area (Å²) < 4.78 is 10.6. The van der Waals surface area contributed by atoms with E-state index in [9.17, 15) is 0 Å². The van der Waals surface area contributed by atoms with Crippen LogP contribution in [0.5, 0.6) is 0 Å². The molecule has 1 aliphatic heterocycles. The zero-order chi connectivity index (χ0) is 14.0. The van der Waals surface area contributed by atoms with Crippen LogP contribution in [0.4, 0.5) is 0 Å². The second kappa shape index (κ2) is 9.08. The zero-order valence-corrected chi connectivity index (χ0v) is 12.4. The van der Waals surface area contributed by atoms with Crippen molar-refractivity contribution < 1.29 is 9.47 Å². The number of benzene rings is 1. The lowest BCUT2D eigenvalue weighted by Gasteiger charge is -2.24. The number of rotatable bonds is 7. The van der Waals surface area contributed by atoms with Gasteiger partial charge in [0.25, 0.3) is 0 Å². The van der Waals surface area contributed by atoms with Crippen molar-refractivity contribution in [3.63, 3.8) is 0 Å². The molecule has 1 heterocycles. The first-order valence-corrected chi connectivity index (χ1v) is 7.47. The Kier molecular flexibility index (Phi) is 7.01. The van der Waals surface area contributed by atoms with Crippen molar-refractivity contribution in [1.29, 1.82) is 0 Å². The minimum Gasteiger partial charge on any atom is -0.382 e. The normalized spacial score (nSPS) is 20.8. The van der Waals surface area contributed by atoms with Gasteiger partial charge in [0, 0.05) is 26.2 Å². The summed E-state index contributed by atoms with van der Waals surface area (Å²) in [6, 6.07) is 11.1. The molecule has 1 aromatic rings. The van der Waals surface area contributed by atoms with Crippen molar-refractivity contribution in [2.24, 2.45) is 0 Å². The van der Waals surface area contributed by atoms with Gasteiger partial charge in [-0.3, -0.25) is 4.90 Å². The minimum atomic E-state index is 0.428. The van der Waals surface area contributed by atoms with Crippen molar-refractivity contribution >= 4 is 0 Å². The molecule has 0 aliphatic carbocycles. The van der Waals surface area contributed by atoms with Gasteiger partial charge < -0.3 is 14.8 Å². The van der Waals surface area contributed by atoms with E-state index >= 15 is 0 Å². The maximum Gasteiger partial charge on any atom is 0.0700 e. The highest BCUT2D eigenvalue weighted by Gasteiger charge is 2.18. The molecule has 0 aromatic heterocycles. The summed E-state index contributed by atoms with van der Waals surface area (Å²) in [7, 11) is 1.70. The van der Waals surface area contributed by atoms with Crippen LogP contribution in [0.25, 0.3) is 0 Å². The molecule has 0 amide bonds. The van der Waals surface area contributed by atoms with E-state index in [-0.39, 0.29) is 0 Å². The molecule has 1 unspecified atom stereocenters. The highest BCUT2D eigenvalue weighted by atomic mass is 16.5. The van der Waals surface area contributed by atoms with Gasteiger partial charge in [-0.05, 0) is 25.1 Å². The van der Waals surface area contributed by atoms with Gasteiger partial charge in [0.2, 0.25) is 0 Å². The van der Waals surface area contributed by atoms with Crippen LogP contribution in [0, 0.1) is 0 Å². The third kappa shape index (κ3) is 5.21. The molecule has 0 spiro atoms. The van der Waals surface area contributed by atoms with Crippen molar-refractivity contribution in [2.75, 3.05) is 53.1 Å². The molecule has 1 fully saturated rings. The molecule has 0 radical (unpaired) electrons. The number of methoxy groups -OCH3 is 1. The SMILES string of the molecule is COCCOCCN1CCCNC(c2ccccc2)C1. The third-order valence-electron chi connectivity index (χ3n) is 3.67. The van der Waals surface area contributed by atoms with E-state index < -0.39 is 0 Å². The molecule has 1 atom stereocenters. The molecule has 1 aromatic carbocycles. The zero-order valence-electron chi connectivity index (χ0n) is 12.4. The number of nitrogens with one attached hydrogen (secondary N) is 1. The lowest BCUT2D eigenvalue weighted by atomic mass is 10.1. The Morgan fingerprint density at radius 1 is 1.20 bits per heavy atom. The lowest BCUT2D eigenvalue weighted by molar-refractivity contribution is 0.0569. The predicted octanol–water partition coefficient (Wildman–Crippen LogP) is 1.69. The van der Waals surface area contributed by atoms with E-state index in [2.05, 4.69) is 40.5 Å². The molecule has 4 nitrogen and oxygen atoms in total. The Morgan fingerprint density at radius 3 is 2.85 bits per heavy atom. The number of ether oxygens (including phenoxy) is 2. The lowest BCUT2D eigenvalue weighted by Crippen LogP contribution is -2.33. The number of hydrogen-bond donors (Lipinski definition) is 1. The number of nitrogens with zero attached hydrogens (tertiary/aromatic N) is 1. The van der Waals surface area contributed by atoms with Crippen LogP contribution in [-0.4, -0.2) is 58.0 Å². The summed E-state index contributed by atoms with van der Waals surface area (Å²) in [5, 5.41) is 3.64. The van der Waals surface area contributed by atoms with Gasteiger partial charge in [0.1, 0.15) is 0 Å². The average Bonchev–Trinajstić information content (AvgIpc) is 2.74. The van der Waals surface area contributed by atoms with Crippen LogP contribution in [0.1, 0.15) is 18.0 Å². The van der Waals surface area contributed by atoms with Crippen LogP contribution in [-0.2, 0) is 9.47 Å². The first kappa shape index (κ1) is 15.4. The summed E-state index contributed by atoms with van der Waals surface area (Å²) in [5.41, 5.74) is 1.37. The van der Waals surface area contributed by atoms with E-state index in [0.717, 1.165) is 32.8 Å². The predicted molar refractivity (Wildman–Crippen MR) is 80.9 cm³/mol. The molecule has 2 rings (SSSR count). The Labute approximate surface area is 122 Å². The van der Waals surface area contributed by atoms with E-state index in [1.165, 1.54) is 12.0 Å². The molecule has 1 N–H and O–H groups in total. The van der Waals surface area contributed by atoms with Crippen LogP contribution >= 0.6 is 0 Å². The molecule has 4 heteroatoms. The maximum atomic E-state index is 5.57. The van der Waals surface area contributed by atoms with Crippen molar-refractivity contribution in [2.45, 2.75) is 12.5 Å². The standard InChI is InChI=1S/C16H26N2O2/c1-19-12-13-20-11-10-18-9-5-8-17-16(14-18)15-6-3-2-4-7-15/h2-4,6-7,16-17H,5,8-14H2,1H3. The monoisotopic (exact) mass is 278 g/mol. The first-order valence-electron chi connectivity index (χ1n) is 7.47. The highest BCUT2D eigenvalue weighted by molar-refractivity contribution is 5.19. The van der Waals surface area contributed by atoms with Crippen LogP contribution in [0.3, 0.4) is 0 Å². The quantitative estimate of drug-likeness (QED) is 0.770. The second-order valence-electron chi connectivity index (χ2n) is 5.18. The summed E-state index contributed by atoms with van der Waals surface area (Å²) >= 11 is 0. The van der Waals surface area contributed by atoms with Gasteiger partial charge in [0.15, 0.2) is 0 Å². The Hall–Kier alpha value is -0.940. The Bertz CT molecular complexity index is 359. The smallest absolute Gasteiger partial charge is 0.0700 e. The van der Waals surface area contributed by atoms with Gasteiger partial charge in [0.05, 0.1) is 19.8 Å². The fourth-order valence-corrected chi connectivity index (χ4v) is 2.54. The topological polar surface area (TPSA) is 33.7 Å². The summed E-state index contributed by atoms with van der Waals surface area (Å²) in [6.45, 7) is 6.42. The highest BCUT2D eigenvalue weighted by Crippen LogP contribution is 2.16. The minimum absolute atomic E-state index is 0.428. The average molecular weight is 278 g/mol. The maximum absolute atomic E-state index is 5.57. The largest absolute Gasteiger partial charge is 0.382 e. The molecule has 112 valence electrons. The summed E-state index contributed by atoms with van der Waals surface area (Å²) in [5.74, 6) is 0. The molecule has 0 saturated carbocycles. The molecule has 1 saturated heterocycles. The molecule has 20 heavy (non-hydrogen) atoms. The van der Waals surface area contributed by atoms with Crippen LogP contribution < -0.4 is 5.32 Å². The second-order valence-corrected chi connectivity index (χ2v) is 5.18. The van der Waals surface area contributed by atoms with Gasteiger partial charge >= 0.3 is 0 Å². The van der Waals surface area contributed by atoms with E-state index in [1.807, 2.05) is 0 Å². The van der Waals surface area contributed by atoms with Gasteiger partial charge in [-0.1, -0.05) is 30.3 Å². The van der Waals surface area contributed by atoms with Gasteiger partial charge in [-0.15, -0.1) is 0 Å². The van der Waals surface area contributed by atoms with E-state index in [1.54, 1.807) is 7.11 Å². The molecule has 1 aliphatic rings. The van der Waals surface area contributed by atoms with Gasteiger partial charge in [-0.25, -0.2) is 0 Å². The summed E-state index contributed by atoms with van der Waals surface area (Å²) in [4.78, 5) is 2.49.